The van der Waals surface area contributed by atoms with E-state index in [9.17, 15) is 23.3 Å². The molecule has 0 radical (unpaired) electrons. The zero-order valence-corrected chi connectivity index (χ0v) is 13.0. The maximum Gasteiger partial charge on any atom is 0.417 e. The van der Waals surface area contributed by atoms with Gasteiger partial charge < -0.3 is 4.74 Å². The first-order valence-electron chi connectivity index (χ1n) is 5.63. The average molecular weight is 388 g/mol. The molecule has 1 aromatic heterocycles. The Morgan fingerprint density at radius 1 is 1.09 bits per heavy atom. The summed E-state index contributed by atoms with van der Waals surface area (Å²) in [4.78, 5) is 13.4. The molecule has 0 unspecified atom stereocenters. The Bertz CT molecular complexity index is 761. The second-order valence-electron chi connectivity index (χ2n) is 4.11. The maximum absolute atomic E-state index is 12.5. The van der Waals surface area contributed by atoms with Crippen molar-refractivity contribution in [3.63, 3.8) is 0 Å². The van der Waals surface area contributed by atoms with E-state index >= 15 is 0 Å². The van der Waals surface area contributed by atoms with Crippen LogP contribution in [0.4, 0.5) is 18.9 Å². The van der Waals surface area contributed by atoms with Gasteiger partial charge in [-0.25, -0.2) is 4.98 Å². The van der Waals surface area contributed by atoms with Crippen LogP contribution in [0.5, 0.6) is 11.6 Å². The third-order valence-electron chi connectivity index (χ3n) is 2.53. The van der Waals surface area contributed by atoms with Crippen molar-refractivity contribution in [2.24, 2.45) is 0 Å². The molecule has 0 saturated carbocycles. The number of nitrogens with zero attached hydrogens (tertiary/aromatic N) is 2. The summed E-state index contributed by atoms with van der Waals surface area (Å²) < 4.78 is 42.8. The van der Waals surface area contributed by atoms with Crippen molar-refractivity contribution < 1.29 is 22.8 Å². The second kappa shape index (κ2) is 6.38. The van der Waals surface area contributed by atoms with Gasteiger partial charge in [0.1, 0.15) is 5.02 Å². The zero-order chi connectivity index (χ0) is 17.4. The monoisotopic (exact) mass is 386 g/mol. The molecule has 11 heteroatoms. The topological polar surface area (TPSA) is 65.3 Å². The SMILES string of the molecule is O=[N+]([O-])c1cc(Cl)c(Oc2ncc(C(F)(F)F)cc2Cl)c(Cl)c1. The van der Waals surface area contributed by atoms with Gasteiger partial charge in [0.15, 0.2) is 5.75 Å². The summed E-state index contributed by atoms with van der Waals surface area (Å²) in [6, 6.07) is 2.57. The summed E-state index contributed by atoms with van der Waals surface area (Å²) in [7, 11) is 0. The van der Waals surface area contributed by atoms with Gasteiger partial charge in [-0.1, -0.05) is 34.8 Å². The number of nitro benzene ring substituents is 1. The van der Waals surface area contributed by atoms with E-state index in [-0.39, 0.29) is 27.4 Å². The Balaban J connectivity index is 2.38. The van der Waals surface area contributed by atoms with E-state index in [1.807, 2.05) is 0 Å². The number of aromatic nitrogens is 1. The van der Waals surface area contributed by atoms with Crippen LogP contribution in [0.15, 0.2) is 24.4 Å². The van der Waals surface area contributed by atoms with Crippen LogP contribution in [0.1, 0.15) is 5.56 Å². The minimum Gasteiger partial charge on any atom is -0.434 e. The second-order valence-corrected chi connectivity index (χ2v) is 5.33. The fourth-order valence-corrected chi connectivity index (χ4v) is 2.26. The van der Waals surface area contributed by atoms with E-state index in [2.05, 4.69) is 4.98 Å². The van der Waals surface area contributed by atoms with Gasteiger partial charge in [-0.15, -0.1) is 0 Å². The van der Waals surface area contributed by atoms with Gasteiger partial charge in [-0.3, -0.25) is 10.1 Å². The Morgan fingerprint density at radius 2 is 1.65 bits per heavy atom. The van der Waals surface area contributed by atoms with Crippen molar-refractivity contribution in [2.45, 2.75) is 6.18 Å². The number of hydrogen-bond donors (Lipinski definition) is 0. The number of nitro groups is 1. The molecule has 0 aliphatic carbocycles. The normalized spacial score (nSPS) is 11.4. The molecule has 122 valence electrons. The van der Waals surface area contributed by atoms with Crippen molar-refractivity contribution in [3.05, 3.63) is 55.1 Å². The first kappa shape index (κ1) is 17.6. The average Bonchev–Trinajstić information content (AvgIpc) is 2.42. The van der Waals surface area contributed by atoms with Crippen LogP contribution in [-0.4, -0.2) is 9.91 Å². The number of pyridine rings is 1. The minimum atomic E-state index is -4.61. The third kappa shape index (κ3) is 3.95. The zero-order valence-electron chi connectivity index (χ0n) is 10.7. The Morgan fingerprint density at radius 3 is 2.09 bits per heavy atom. The van der Waals surface area contributed by atoms with E-state index in [1.165, 1.54) is 0 Å². The van der Waals surface area contributed by atoms with E-state index in [0.29, 0.717) is 12.3 Å². The lowest BCUT2D eigenvalue weighted by atomic mass is 10.3. The summed E-state index contributed by atoms with van der Waals surface area (Å²) in [5.41, 5.74) is -1.44. The van der Waals surface area contributed by atoms with Gasteiger partial charge in [-0.05, 0) is 6.07 Å². The van der Waals surface area contributed by atoms with Crippen LogP contribution in [0.3, 0.4) is 0 Å². The molecule has 0 spiro atoms. The van der Waals surface area contributed by atoms with Crippen LogP contribution in [0.2, 0.25) is 15.1 Å². The first-order valence-corrected chi connectivity index (χ1v) is 6.77. The smallest absolute Gasteiger partial charge is 0.417 e. The lowest BCUT2D eigenvalue weighted by molar-refractivity contribution is -0.384. The molecule has 0 atom stereocenters. The van der Waals surface area contributed by atoms with E-state index < -0.39 is 21.7 Å². The van der Waals surface area contributed by atoms with Gasteiger partial charge in [0, 0.05) is 18.3 Å². The summed E-state index contributed by atoms with van der Waals surface area (Å²) in [5, 5.41) is 9.80. The molecular formula is C12H4Cl3F3N2O3. The summed E-state index contributed by atoms with van der Waals surface area (Å²) in [6.45, 7) is 0. The molecule has 0 aliphatic rings. The number of non-ortho nitro benzene ring substituents is 1. The van der Waals surface area contributed by atoms with Gasteiger partial charge in [0.05, 0.1) is 20.5 Å². The van der Waals surface area contributed by atoms with Crippen LogP contribution in [0.25, 0.3) is 0 Å². The molecular weight excluding hydrogens is 383 g/mol. The largest absolute Gasteiger partial charge is 0.434 e. The Labute approximate surface area is 141 Å². The molecule has 5 nitrogen and oxygen atoms in total. The lowest BCUT2D eigenvalue weighted by Gasteiger charge is -2.11. The molecule has 0 saturated heterocycles. The van der Waals surface area contributed by atoms with Gasteiger partial charge >= 0.3 is 6.18 Å². The molecule has 0 N–H and O–H groups in total. The van der Waals surface area contributed by atoms with Crippen molar-refractivity contribution in [1.29, 1.82) is 0 Å². The van der Waals surface area contributed by atoms with Gasteiger partial charge in [0.25, 0.3) is 5.69 Å². The number of halogens is 6. The Hall–Kier alpha value is -1.77. The fourth-order valence-electron chi connectivity index (χ4n) is 1.50. The third-order valence-corrected chi connectivity index (χ3v) is 3.36. The van der Waals surface area contributed by atoms with Gasteiger partial charge in [0.2, 0.25) is 5.88 Å². The summed E-state index contributed by atoms with van der Waals surface area (Å²) in [6.07, 6.45) is -4.09. The highest BCUT2D eigenvalue weighted by Crippen LogP contribution is 2.41. The molecule has 0 fully saturated rings. The molecule has 0 amide bonds. The highest BCUT2D eigenvalue weighted by Gasteiger charge is 2.32. The number of benzene rings is 1. The number of hydrogen-bond acceptors (Lipinski definition) is 4. The molecule has 1 heterocycles. The van der Waals surface area contributed by atoms with Crippen molar-refractivity contribution in [3.8, 4) is 11.6 Å². The van der Waals surface area contributed by atoms with Crippen LogP contribution in [0, 0.1) is 10.1 Å². The molecule has 0 bridgehead atoms. The summed E-state index contributed by atoms with van der Waals surface area (Å²) >= 11 is 17.3. The van der Waals surface area contributed by atoms with Crippen molar-refractivity contribution in [1.82, 2.24) is 4.98 Å². The highest BCUT2D eigenvalue weighted by molar-refractivity contribution is 6.37. The quantitative estimate of drug-likeness (QED) is 0.496. The van der Waals surface area contributed by atoms with Crippen LogP contribution in [-0.2, 0) is 6.18 Å². The Kier molecular flexibility index (Phi) is 4.88. The van der Waals surface area contributed by atoms with Gasteiger partial charge in [-0.2, -0.15) is 13.2 Å². The van der Waals surface area contributed by atoms with Crippen LogP contribution >= 0.6 is 34.8 Å². The summed E-state index contributed by atoms with van der Waals surface area (Å²) in [5.74, 6) is -0.592. The minimum absolute atomic E-state index is 0.215. The van der Waals surface area contributed by atoms with E-state index in [1.54, 1.807) is 0 Å². The first-order chi connectivity index (χ1) is 10.6. The standard InChI is InChI=1S/C12H4Cl3F3N2O3/c13-7-2-6(20(21)22)3-8(14)10(7)23-11-9(15)1-5(4-19-11)12(16,17)18/h1-4H. The predicted molar refractivity (Wildman–Crippen MR) is 77.4 cm³/mol. The highest BCUT2D eigenvalue weighted by atomic mass is 35.5. The molecule has 0 aliphatic heterocycles. The number of ether oxygens (including phenoxy) is 1. The number of rotatable bonds is 3. The fraction of sp³-hybridized carbons (Fsp3) is 0.0833. The van der Waals surface area contributed by atoms with Crippen molar-refractivity contribution >= 4 is 40.5 Å². The van der Waals surface area contributed by atoms with Crippen LogP contribution < -0.4 is 4.74 Å². The number of alkyl halides is 3. The predicted octanol–water partition coefficient (Wildman–Crippen LogP) is 5.76. The molecule has 23 heavy (non-hydrogen) atoms. The maximum atomic E-state index is 12.5. The van der Waals surface area contributed by atoms with E-state index in [4.69, 9.17) is 39.5 Å². The van der Waals surface area contributed by atoms with Crippen molar-refractivity contribution in [2.75, 3.05) is 0 Å². The molecule has 2 aromatic rings. The lowest BCUT2D eigenvalue weighted by Crippen LogP contribution is -2.06. The van der Waals surface area contributed by atoms with E-state index in [0.717, 1.165) is 12.1 Å². The molecule has 2 rings (SSSR count). The molecule has 1 aromatic carbocycles.